The van der Waals surface area contributed by atoms with Crippen molar-refractivity contribution in [2.24, 2.45) is 7.05 Å². The van der Waals surface area contributed by atoms with Crippen molar-refractivity contribution in [2.45, 2.75) is 26.8 Å². The van der Waals surface area contributed by atoms with Crippen LogP contribution in [0.5, 0.6) is 0 Å². The van der Waals surface area contributed by atoms with E-state index in [2.05, 4.69) is 15.7 Å². The second-order valence-electron chi connectivity index (χ2n) is 3.76. The molecule has 90 valence electrons. The van der Waals surface area contributed by atoms with Crippen LogP contribution in [0.1, 0.15) is 24.6 Å². The van der Waals surface area contributed by atoms with Crippen LogP contribution in [0.2, 0.25) is 0 Å². The first-order valence-corrected chi connectivity index (χ1v) is 5.60. The summed E-state index contributed by atoms with van der Waals surface area (Å²) in [5.41, 5.74) is 2.16. The third-order valence-electron chi connectivity index (χ3n) is 2.59. The Balaban J connectivity index is 2.29. The minimum atomic E-state index is 0.0733. The molecule has 1 rings (SSSR count). The van der Waals surface area contributed by atoms with E-state index in [1.807, 2.05) is 20.9 Å². The van der Waals surface area contributed by atoms with Crippen LogP contribution in [0.15, 0.2) is 6.20 Å². The number of amides is 1. The monoisotopic (exact) mass is 224 g/mol. The highest BCUT2D eigenvalue weighted by molar-refractivity contribution is 5.76. The Labute approximate surface area is 96.2 Å². The number of carbonyl (C=O) groups is 1. The van der Waals surface area contributed by atoms with Gasteiger partial charge in [0.05, 0.1) is 6.20 Å². The van der Waals surface area contributed by atoms with E-state index in [0.717, 1.165) is 24.3 Å². The fourth-order valence-electron chi connectivity index (χ4n) is 1.38. The zero-order valence-corrected chi connectivity index (χ0v) is 10.2. The molecule has 0 saturated heterocycles. The van der Waals surface area contributed by atoms with Crippen LogP contribution in [0.3, 0.4) is 0 Å². The van der Waals surface area contributed by atoms with Crippen molar-refractivity contribution in [3.63, 3.8) is 0 Å². The Morgan fingerprint density at radius 3 is 2.88 bits per heavy atom. The van der Waals surface area contributed by atoms with Gasteiger partial charge < -0.3 is 10.6 Å². The molecule has 5 nitrogen and oxygen atoms in total. The summed E-state index contributed by atoms with van der Waals surface area (Å²) in [5, 5.41) is 10.1. The van der Waals surface area contributed by atoms with Crippen molar-refractivity contribution in [2.75, 3.05) is 13.1 Å². The summed E-state index contributed by atoms with van der Waals surface area (Å²) in [6.45, 7) is 6.21. The highest BCUT2D eigenvalue weighted by atomic mass is 16.1. The Morgan fingerprint density at radius 2 is 2.31 bits per heavy atom. The van der Waals surface area contributed by atoms with Crippen LogP contribution in [0.25, 0.3) is 0 Å². The summed E-state index contributed by atoms with van der Waals surface area (Å²) in [7, 11) is 1.89. The molecule has 0 atom stereocenters. The first-order chi connectivity index (χ1) is 7.65. The van der Waals surface area contributed by atoms with Gasteiger partial charge >= 0.3 is 0 Å². The molecule has 0 saturated carbocycles. The molecule has 0 radical (unpaired) electrons. The van der Waals surface area contributed by atoms with Crippen molar-refractivity contribution in [3.8, 4) is 0 Å². The quantitative estimate of drug-likeness (QED) is 0.685. The zero-order valence-electron chi connectivity index (χ0n) is 10.2. The predicted octanol–water partition coefficient (Wildman–Crippen LogP) is 0.344. The Bertz CT molecular complexity index is 346. The van der Waals surface area contributed by atoms with Gasteiger partial charge in [0, 0.05) is 37.8 Å². The second-order valence-corrected chi connectivity index (χ2v) is 3.76. The Kier molecular flexibility index (Phi) is 4.98. The molecule has 0 aliphatic rings. The summed E-state index contributed by atoms with van der Waals surface area (Å²) in [6, 6.07) is 0. The average Bonchev–Trinajstić information content (AvgIpc) is 2.58. The van der Waals surface area contributed by atoms with E-state index in [-0.39, 0.29) is 5.91 Å². The fraction of sp³-hybridized carbons (Fsp3) is 0.636. The summed E-state index contributed by atoms with van der Waals surface area (Å²) < 4.78 is 1.81. The summed E-state index contributed by atoms with van der Waals surface area (Å²) in [4.78, 5) is 11.4. The lowest BCUT2D eigenvalue weighted by Gasteiger charge is -2.05. The second kappa shape index (κ2) is 6.27. The van der Waals surface area contributed by atoms with Gasteiger partial charge in [0.15, 0.2) is 0 Å². The topological polar surface area (TPSA) is 59.0 Å². The molecule has 0 bridgehead atoms. The molecule has 1 amide bonds. The molecule has 0 aliphatic carbocycles. The zero-order chi connectivity index (χ0) is 12.0. The van der Waals surface area contributed by atoms with E-state index in [4.69, 9.17) is 0 Å². The lowest BCUT2D eigenvalue weighted by Crippen LogP contribution is -2.27. The van der Waals surface area contributed by atoms with Gasteiger partial charge in [0.2, 0.25) is 5.91 Å². The van der Waals surface area contributed by atoms with Gasteiger partial charge in [0.1, 0.15) is 0 Å². The van der Waals surface area contributed by atoms with Gasteiger partial charge in [-0.1, -0.05) is 6.92 Å². The summed E-state index contributed by atoms with van der Waals surface area (Å²) in [6.07, 6.45) is 2.31. The van der Waals surface area contributed by atoms with E-state index in [0.29, 0.717) is 13.0 Å². The minimum Gasteiger partial charge on any atom is -0.352 e. The third kappa shape index (κ3) is 3.66. The molecular formula is C11H20N4O. The van der Waals surface area contributed by atoms with Crippen molar-refractivity contribution in [3.05, 3.63) is 17.5 Å². The van der Waals surface area contributed by atoms with Gasteiger partial charge in [0.25, 0.3) is 0 Å². The maximum Gasteiger partial charge on any atom is 0.221 e. The number of aryl methyl sites for hydroxylation is 1. The van der Waals surface area contributed by atoms with Gasteiger partial charge in [-0.05, 0) is 13.5 Å². The van der Waals surface area contributed by atoms with Crippen LogP contribution in [-0.2, 0) is 18.4 Å². The van der Waals surface area contributed by atoms with Crippen LogP contribution in [0.4, 0.5) is 0 Å². The van der Waals surface area contributed by atoms with Crippen molar-refractivity contribution in [1.29, 1.82) is 0 Å². The maximum atomic E-state index is 11.4. The molecule has 0 fully saturated rings. The molecule has 1 aromatic heterocycles. The lowest BCUT2D eigenvalue weighted by molar-refractivity contribution is -0.121. The normalized spacial score (nSPS) is 10.4. The number of hydrogen-bond donors (Lipinski definition) is 2. The largest absolute Gasteiger partial charge is 0.352 e. The van der Waals surface area contributed by atoms with Crippen molar-refractivity contribution >= 4 is 5.91 Å². The van der Waals surface area contributed by atoms with E-state index >= 15 is 0 Å². The van der Waals surface area contributed by atoms with E-state index in [1.165, 1.54) is 0 Å². The van der Waals surface area contributed by atoms with Gasteiger partial charge in [-0.25, -0.2) is 0 Å². The first-order valence-electron chi connectivity index (χ1n) is 5.60. The molecule has 0 aromatic carbocycles. The minimum absolute atomic E-state index is 0.0733. The summed E-state index contributed by atoms with van der Waals surface area (Å²) >= 11 is 0. The SMILES string of the molecule is CCNCCC(=O)NCc1cnn(C)c1C. The van der Waals surface area contributed by atoms with E-state index in [1.54, 1.807) is 10.9 Å². The number of aromatic nitrogens is 2. The maximum absolute atomic E-state index is 11.4. The predicted molar refractivity (Wildman–Crippen MR) is 63.0 cm³/mol. The van der Waals surface area contributed by atoms with Gasteiger partial charge in [-0.15, -0.1) is 0 Å². The lowest BCUT2D eigenvalue weighted by atomic mass is 10.2. The average molecular weight is 224 g/mol. The first kappa shape index (κ1) is 12.7. The van der Waals surface area contributed by atoms with Crippen molar-refractivity contribution < 1.29 is 4.79 Å². The van der Waals surface area contributed by atoms with Crippen LogP contribution in [0, 0.1) is 6.92 Å². The molecule has 1 heterocycles. The van der Waals surface area contributed by atoms with Crippen LogP contribution >= 0.6 is 0 Å². The molecule has 0 unspecified atom stereocenters. The number of nitrogens with one attached hydrogen (secondary N) is 2. The molecule has 0 aliphatic heterocycles. The molecule has 1 aromatic rings. The fourth-order valence-corrected chi connectivity index (χ4v) is 1.38. The van der Waals surface area contributed by atoms with Gasteiger partial charge in [-0.2, -0.15) is 5.10 Å². The number of nitrogens with zero attached hydrogens (tertiary/aromatic N) is 2. The molecule has 0 spiro atoms. The standard InChI is InChI=1S/C11H20N4O/c1-4-12-6-5-11(16)13-7-10-8-14-15(3)9(10)2/h8,12H,4-7H2,1-3H3,(H,13,16). The highest BCUT2D eigenvalue weighted by Gasteiger charge is 2.05. The molecular weight excluding hydrogens is 204 g/mol. The van der Waals surface area contributed by atoms with Crippen molar-refractivity contribution in [1.82, 2.24) is 20.4 Å². The van der Waals surface area contributed by atoms with E-state index < -0.39 is 0 Å². The summed E-state index contributed by atoms with van der Waals surface area (Å²) in [5.74, 6) is 0.0733. The van der Waals surface area contributed by atoms with Crippen LogP contribution < -0.4 is 10.6 Å². The Hall–Kier alpha value is -1.36. The number of hydrogen-bond acceptors (Lipinski definition) is 3. The third-order valence-corrected chi connectivity index (χ3v) is 2.59. The number of carbonyl (C=O) groups excluding carboxylic acids is 1. The highest BCUT2D eigenvalue weighted by Crippen LogP contribution is 2.04. The van der Waals surface area contributed by atoms with E-state index in [9.17, 15) is 4.79 Å². The number of rotatable bonds is 6. The molecule has 2 N–H and O–H groups in total. The van der Waals surface area contributed by atoms with Crippen LogP contribution in [-0.4, -0.2) is 28.8 Å². The smallest absolute Gasteiger partial charge is 0.221 e. The van der Waals surface area contributed by atoms with Gasteiger partial charge in [-0.3, -0.25) is 9.48 Å². The molecule has 5 heteroatoms. The Morgan fingerprint density at radius 1 is 1.56 bits per heavy atom. The molecule has 16 heavy (non-hydrogen) atoms.